The fourth-order valence-electron chi connectivity index (χ4n) is 4.26. The van der Waals surface area contributed by atoms with Crippen molar-refractivity contribution >= 4 is 46.8 Å². The van der Waals surface area contributed by atoms with Gasteiger partial charge in [0.2, 0.25) is 11.8 Å². The molecule has 0 spiro atoms. The monoisotopic (exact) mass is 506 g/mol. The fraction of sp³-hybridized carbons (Fsp3) is 0.462. The number of aryl methyl sites for hydroxylation is 1. The molecule has 0 radical (unpaired) electrons. The molecule has 3 rings (SSSR count). The summed E-state index contributed by atoms with van der Waals surface area (Å²) in [6.07, 6.45) is 4.92. The van der Waals surface area contributed by atoms with Crippen molar-refractivity contribution in [2.24, 2.45) is 0 Å². The maximum Gasteiger partial charge on any atom is 0.243 e. The van der Waals surface area contributed by atoms with Crippen LogP contribution in [0.1, 0.15) is 55.7 Å². The number of carbonyl (C=O) groups is 2. The Balaban J connectivity index is 1.70. The number of nitrogens with zero attached hydrogens (tertiary/aromatic N) is 1. The molecule has 4 nitrogen and oxygen atoms in total. The second-order valence-corrected chi connectivity index (χ2v) is 10.5. The molecule has 1 atom stereocenters. The van der Waals surface area contributed by atoms with Crippen LogP contribution in [0, 0.1) is 6.92 Å². The summed E-state index contributed by atoms with van der Waals surface area (Å²) in [5.41, 5.74) is 3.18. The fourth-order valence-corrected chi connectivity index (χ4v) is 5.44. The van der Waals surface area contributed by atoms with Crippen LogP contribution < -0.4 is 5.32 Å². The summed E-state index contributed by atoms with van der Waals surface area (Å²) >= 11 is 13.6. The van der Waals surface area contributed by atoms with Crippen molar-refractivity contribution in [2.45, 2.75) is 70.3 Å². The van der Waals surface area contributed by atoms with E-state index in [0.717, 1.165) is 42.4 Å². The number of amides is 2. The predicted octanol–water partition coefficient (Wildman–Crippen LogP) is 6.40. The lowest BCUT2D eigenvalue weighted by Crippen LogP contribution is -2.51. The molecule has 0 bridgehead atoms. The Kier molecular flexibility index (Phi) is 9.96. The second-order valence-electron chi connectivity index (χ2n) is 8.67. The summed E-state index contributed by atoms with van der Waals surface area (Å²) in [5.74, 6) is 0.862. The van der Waals surface area contributed by atoms with Gasteiger partial charge in [-0.05, 0) is 49.4 Å². The number of carbonyl (C=O) groups excluding carboxylic acids is 2. The van der Waals surface area contributed by atoms with E-state index in [1.165, 1.54) is 11.8 Å². The first-order valence-corrected chi connectivity index (χ1v) is 13.5. The largest absolute Gasteiger partial charge is 0.352 e. The molecule has 7 heteroatoms. The summed E-state index contributed by atoms with van der Waals surface area (Å²) in [7, 11) is 0. The van der Waals surface area contributed by atoms with Crippen LogP contribution in [0.5, 0.6) is 0 Å². The van der Waals surface area contributed by atoms with Gasteiger partial charge in [-0.1, -0.05) is 78.9 Å². The van der Waals surface area contributed by atoms with Gasteiger partial charge in [0.15, 0.2) is 0 Å². The third-order valence-electron chi connectivity index (χ3n) is 6.00. The van der Waals surface area contributed by atoms with Gasteiger partial charge in [0.25, 0.3) is 0 Å². The molecule has 1 aliphatic carbocycles. The molecule has 1 aliphatic rings. The molecule has 1 N–H and O–H groups in total. The van der Waals surface area contributed by atoms with Crippen LogP contribution in [-0.4, -0.2) is 34.6 Å². The molecule has 1 fully saturated rings. The maximum absolute atomic E-state index is 13.4. The molecule has 1 saturated carbocycles. The third-order valence-corrected chi connectivity index (χ3v) is 7.73. The highest BCUT2D eigenvalue weighted by Crippen LogP contribution is 2.25. The number of hydrogen-bond donors (Lipinski definition) is 1. The molecule has 0 saturated heterocycles. The van der Waals surface area contributed by atoms with Gasteiger partial charge in [0.05, 0.1) is 15.8 Å². The van der Waals surface area contributed by atoms with Crippen molar-refractivity contribution in [3.05, 3.63) is 69.2 Å². The molecule has 0 unspecified atom stereocenters. The van der Waals surface area contributed by atoms with Crippen molar-refractivity contribution in [1.82, 2.24) is 10.2 Å². The lowest BCUT2D eigenvalue weighted by molar-refractivity contribution is -0.139. The summed E-state index contributed by atoms with van der Waals surface area (Å²) in [4.78, 5) is 28.3. The Morgan fingerprint density at radius 1 is 1.09 bits per heavy atom. The number of thioether (sulfide) groups is 1. The Morgan fingerprint density at radius 3 is 2.52 bits per heavy atom. The van der Waals surface area contributed by atoms with Gasteiger partial charge in [-0.2, -0.15) is 0 Å². The number of rotatable bonds is 10. The van der Waals surface area contributed by atoms with Crippen molar-refractivity contribution < 1.29 is 9.59 Å². The molecule has 0 heterocycles. The maximum atomic E-state index is 13.4. The van der Waals surface area contributed by atoms with E-state index in [1.807, 2.05) is 44.2 Å². The standard InChI is InChI=1S/C26H32Cl2N2O2S/c1-3-24(26(32)29-21-9-4-5-10-21)30(15-19-8-6-7-18(2)13-19)25(31)17-33-16-20-11-12-22(27)23(28)14-20/h6-8,11-14,21,24H,3-5,9-10,15-17H2,1-2H3,(H,29,32)/t24-/m1/s1. The van der Waals surface area contributed by atoms with Crippen molar-refractivity contribution in [3.63, 3.8) is 0 Å². The number of benzene rings is 2. The van der Waals surface area contributed by atoms with Crippen LogP contribution in [0.3, 0.4) is 0 Å². The molecule has 2 amide bonds. The van der Waals surface area contributed by atoms with E-state index in [4.69, 9.17) is 23.2 Å². The zero-order valence-electron chi connectivity index (χ0n) is 19.3. The van der Waals surface area contributed by atoms with E-state index >= 15 is 0 Å². The quantitative estimate of drug-likeness (QED) is 0.405. The summed E-state index contributed by atoms with van der Waals surface area (Å²) in [6, 6.07) is 13.4. The van der Waals surface area contributed by atoms with Gasteiger partial charge in [-0.15, -0.1) is 11.8 Å². The summed E-state index contributed by atoms with van der Waals surface area (Å²) in [5, 5.41) is 4.22. The van der Waals surface area contributed by atoms with Crippen molar-refractivity contribution in [1.29, 1.82) is 0 Å². The van der Waals surface area contributed by atoms with Crippen LogP contribution in [0.2, 0.25) is 10.0 Å². The van der Waals surface area contributed by atoms with Crippen molar-refractivity contribution in [2.75, 3.05) is 5.75 Å². The first kappa shape index (κ1) is 25.9. The van der Waals surface area contributed by atoms with Crippen LogP contribution in [-0.2, 0) is 21.9 Å². The highest BCUT2D eigenvalue weighted by atomic mass is 35.5. The molecule has 0 aliphatic heterocycles. The zero-order chi connectivity index (χ0) is 23.8. The van der Waals surface area contributed by atoms with Gasteiger partial charge in [0.1, 0.15) is 6.04 Å². The van der Waals surface area contributed by atoms with E-state index in [-0.39, 0.29) is 17.9 Å². The van der Waals surface area contributed by atoms with E-state index < -0.39 is 6.04 Å². The average Bonchev–Trinajstić information content (AvgIpc) is 3.29. The van der Waals surface area contributed by atoms with Gasteiger partial charge >= 0.3 is 0 Å². The van der Waals surface area contributed by atoms with Gasteiger partial charge in [0, 0.05) is 18.3 Å². The molecule has 178 valence electrons. The Labute approximate surface area is 211 Å². The highest BCUT2D eigenvalue weighted by Gasteiger charge is 2.30. The molecule has 2 aromatic carbocycles. The van der Waals surface area contributed by atoms with Crippen molar-refractivity contribution in [3.8, 4) is 0 Å². The Bertz CT molecular complexity index is 963. The first-order valence-electron chi connectivity index (χ1n) is 11.5. The topological polar surface area (TPSA) is 49.4 Å². The molecule has 2 aromatic rings. The molecular formula is C26H32Cl2N2O2S. The molecular weight excluding hydrogens is 475 g/mol. The Morgan fingerprint density at radius 2 is 1.85 bits per heavy atom. The first-order chi connectivity index (χ1) is 15.9. The highest BCUT2D eigenvalue weighted by molar-refractivity contribution is 7.99. The lowest BCUT2D eigenvalue weighted by Gasteiger charge is -2.31. The minimum atomic E-state index is -0.482. The summed E-state index contributed by atoms with van der Waals surface area (Å²) in [6.45, 7) is 4.43. The lowest BCUT2D eigenvalue weighted by atomic mass is 10.1. The van der Waals surface area contributed by atoms with Gasteiger partial charge in [-0.3, -0.25) is 9.59 Å². The molecule has 33 heavy (non-hydrogen) atoms. The minimum Gasteiger partial charge on any atom is -0.352 e. The molecule has 0 aromatic heterocycles. The summed E-state index contributed by atoms with van der Waals surface area (Å²) < 4.78 is 0. The van der Waals surface area contributed by atoms with Crippen LogP contribution in [0.4, 0.5) is 0 Å². The van der Waals surface area contributed by atoms with Crippen LogP contribution in [0.15, 0.2) is 42.5 Å². The number of nitrogens with one attached hydrogen (secondary N) is 1. The normalized spacial score (nSPS) is 14.8. The number of hydrogen-bond acceptors (Lipinski definition) is 3. The smallest absolute Gasteiger partial charge is 0.243 e. The van der Waals surface area contributed by atoms with E-state index in [2.05, 4.69) is 11.4 Å². The van der Waals surface area contributed by atoms with E-state index in [9.17, 15) is 9.59 Å². The third kappa shape index (κ3) is 7.66. The van der Waals surface area contributed by atoms with Crippen LogP contribution in [0.25, 0.3) is 0 Å². The van der Waals surface area contributed by atoms with Crippen LogP contribution >= 0.6 is 35.0 Å². The minimum absolute atomic E-state index is 0.0324. The van der Waals surface area contributed by atoms with E-state index in [1.54, 1.807) is 11.0 Å². The second kappa shape index (κ2) is 12.7. The van der Waals surface area contributed by atoms with Gasteiger partial charge < -0.3 is 10.2 Å². The number of halogens is 2. The Hall–Kier alpha value is -1.69. The average molecular weight is 508 g/mol. The van der Waals surface area contributed by atoms with E-state index in [0.29, 0.717) is 34.5 Å². The SMILES string of the molecule is CC[C@H](C(=O)NC1CCCC1)N(Cc1cccc(C)c1)C(=O)CSCc1ccc(Cl)c(Cl)c1. The zero-order valence-corrected chi connectivity index (χ0v) is 21.6. The predicted molar refractivity (Wildman–Crippen MR) is 139 cm³/mol. The van der Waals surface area contributed by atoms with Gasteiger partial charge in [-0.25, -0.2) is 0 Å².